The minimum absolute atomic E-state index is 0.106. The van der Waals surface area contributed by atoms with Gasteiger partial charge in [-0.05, 0) is 25.1 Å². The van der Waals surface area contributed by atoms with E-state index in [0.717, 1.165) is 17.0 Å². The van der Waals surface area contributed by atoms with E-state index in [0.29, 0.717) is 21.0 Å². The number of carbonyl (C=O) groups is 1. The third-order valence-corrected chi connectivity index (χ3v) is 4.92. The zero-order chi connectivity index (χ0) is 18.0. The Morgan fingerprint density at radius 2 is 2.24 bits per heavy atom. The summed E-state index contributed by atoms with van der Waals surface area (Å²) in [6.07, 6.45) is 1.26. The Morgan fingerprint density at radius 1 is 1.44 bits per heavy atom. The maximum Gasteiger partial charge on any atom is 0.308 e. The van der Waals surface area contributed by atoms with Crippen molar-refractivity contribution in [2.75, 3.05) is 0 Å². The Balaban J connectivity index is 1.92. The summed E-state index contributed by atoms with van der Waals surface area (Å²) in [5, 5.41) is 9.18. The van der Waals surface area contributed by atoms with Gasteiger partial charge in [0.15, 0.2) is 0 Å². The summed E-state index contributed by atoms with van der Waals surface area (Å²) in [6, 6.07) is 8.91. The normalized spacial score (nSPS) is 12.2. The molecular weight excluding hydrogens is 364 g/mol. The van der Waals surface area contributed by atoms with Crippen molar-refractivity contribution in [3.8, 4) is 5.75 Å². The van der Waals surface area contributed by atoms with E-state index in [-0.39, 0.29) is 23.9 Å². The molecule has 0 radical (unpaired) electrons. The molecule has 0 saturated carbocycles. The number of benzene rings is 1. The Hall–Kier alpha value is -2.38. The number of aromatic nitrogens is 2. The molecule has 2 heterocycles. The predicted octanol–water partition coefficient (Wildman–Crippen LogP) is 3.73. The molecule has 0 aliphatic rings. The molecule has 0 aliphatic heterocycles. The van der Waals surface area contributed by atoms with Gasteiger partial charge in [0.25, 0.3) is 0 Å². The van der Waals surface area contributed by atoms with Crippen LogP contribution in [0.4, 0.5) is 0 Å². The molecule has 1 N–H and O–H groups in total. The Kier molecular flexibility index (Phi) is 5.06. The SMILES string of the molecule is CC(Oc1cc2sc(=O)n(CCC(=O)O)c2cc1Cl)c1ccccn1. The lowest BCUT2D eigenvalue weighted by Gasteiger charge is -2.15. The second-order valence-corrected chi connectivity index (χ2v) is 6.83. The smallest absolute Gasteiger partial charge is 0.308 e. The maximum atomic E-state index is 12.1. The zero-order valence-electron chi connectivity index (χ0n) is 13.3. The number of hydrogen-bond acceptors (Lipinski definition) is 5. The zero-order valence-corrected chi connectivity index (χ0v) is 14.9. The van der Waals surface area contributed by atoms with Gasteiger partial charge >= 0.3 is 10.8 Å². The Labute approximate surface area is 152 Å². The number of rotatable bonds is 6. The number of fused-ring (bicyclic) bond motifs is 1. The van der Waals surface area contributed by atoms with Crippen LogP contribution < -0.4 is 9.61 Å². The van der Waals surface area contributed by atoms with E-state index >= 15 is 0 Å². The molecule has 1 unspecified atom stereocenters. The van der Waals surface area contributed by atoms with E-state index in [1.807, 2.05) is 25.1 Å². The topological polar surface area (TPSA) is 81.4 Å². The van der Waals surface area contributed by atoms with Gasteiger partial charge < -0.3 is 9.84 Å². The lowest BCUT2D eigenvalue weighted by molar-refractivity contribution is -0.137. The van der Waals surface area contributed by atoms with E-state index in [1.54, 1.807) is 18.3 Å². The summed E-state index contributed by atoms with van der Waals surface area (Å²) < 4.78 is 8.01. The van der Waals surface area contributed by atoms with Crippen molar-refractivity contribution in [3.63, 3.8) is 0 Å². The van der Waals surface area contributed by atoms with Crippen LogP contribution in [-0.4, -0.2) is 20.6 Å². The number of ether oxygens (including phenoxy) is 1. The van der Waals surface area contributed by atoms with E-state index in [9.17, 15) is 9.59 Å². The standard InChI is InChI=1S/C17H15ClN2O4S/c1-10(12-4-2-3-6-19-12)24-14-9-15-13(8-11(14)18)20(17(23)25-15)7-5-16(21)22/h2-4,6,8-10H,5,7H2,1H3,(H,21,22). The summed E-state index contributed by atoms with van der Waals surface area (Å²) in [7, 11) is 0. The van der Waals surface area contributed by atoms with Crippen molar-refractivity contribution >= 4 is 39.1 Å². The van der Waals surface area contributed by atoms with Crippen molar-refractivity contribution in [2.45, 2.75) is 26.0 Å². The maximum absolute atomic E-state index is 12.1. The number of halogens is 1. The molecule has 25 heavy (non-hydrogen) atoms. The number of hydrogen-bond donors (Lipinski definition) is 1. The van der Waals surface area contributed by atoms with Crippen LogP contribution in [0.15, 0.2) is 41.3 Å². The average molecular weight is 379 g/mol. The fraction of sp³-hybridized carbons (Fsp3) is 0.235. The molecule has 2 aromatic heterocycles. The monoisotopic (exact) mass is 378 g/mol. The Morgan fingerprint density at radius 3 is 2.92 bits per heavy atom. The van der Waals surface area contributed by atoms with Crippen LogP contribution in [0.3, 0.4) is 0 Å². The third kappa shape index (κ3) is 3.83. The first-order chi connectivity index (χ1) is 12.0. The first-order valence-corrected chi connectivity index (χ1v) is 8.77. The molecule has 0 aliphatic carbocycles. The fourth-order valence-electron chi connectivity index (χ4n) is 2.44. The summed E-state index contributed by atoms with van der Waals surface area (Å²) in [5.74, 6) is -0.500. The molecule has 0 amide bonds. The molecule has 0 fully saturated rings. The molecule has 3 rings (SSSR count). The van der Waals surface area contributed by atoms with Crippen LogP contribution in [0, 0.1) is 0 Å². The molecule has 6 nitrogen and oxygen atoms in total. The minimum Gasteiger partial charge on any atom is -0.483 e. The predicted molar refractivity (Wildman–Crippen MR) is 96.6 cm³/mol. The van der Waals surface area contributed by atoms with Gasteiger partial charge in [-0.2, -0.15) is 0 Å². The van der Waals surface area contributed by atoms with Crippen LogP contribution in [-0.2, 0) is 11.3 Å². The number of carboxylic acids is 1. The van der Waals surface area contributed by atoms with Gasteiger partial charge in [-0.1, -0.05) is 29.0 Å². The summed E-state index contributed by atoms with van der Waals surface area (Å²) >= 11 is 7.34. The van der Waals surface area contributed by atoms with E-state index in [2.05, 4.69) is 4.98 Å². The lowest BCUT2D eigenvalue weighted by Crippen LogP contribution is -2.15. The third-order valence-electron chi connectivity index (χ3n) is 3.68. The number of nitrogens with zero attached hydrogens (tertiary/aromatic N) is 2. The van der Waals surface area contributed by atoms with Crippen LogP contribution >= 0.6 is 22.9 Å². The molecule has 1 aromatic carbocycles. The van der Waals surface area contributed by atoms with Crippen molar-refractivity contribution in [2.24, 2.45) is 0 Å². The minimum atomic E-state index is -0.957. The van der Waals surface area contributed by atoms with Crippen molar-refractivity contribution in [3.05, 3.63) is 56.9 Å². The average Bonchev–Trinajstić information content (AvgIpc) is 2.88. The number of thiazole rings is 1. The largest absolute Gasteiger partial charge is 0.483 e. The van der Waals surface area contributed by atoms with Crippen molar-refractivity contribution in [1.29, 1.82) is 0 Å². The number of aryl methyl sites for hydroxylation is 1. The lowest BCUT2D eigenvalue weighted by atomic mass is 10.2. The molecule has 3 aromatic rings. The second-order valence-electron chi connectivity index (χ2n) is 5.43. The van der Waals surface area contributed by atoms with Gasteiger partial charge in [0.05, 0.1) is 27.4 Å². The van der Waals surface area contributed by atoms with Crippen LogP contribution in [0.5, 0.6) is 5.75 Å². The highest BCUT2D eigenvalue weighted by atomic mass is 35.5. The quantitative estimate of drug-likeness (QED) is 0.706. The van der Waals surface area contributed by atoms with Gasteiger partial charge in [-0.25, -0.2) is 0 Å². The first-order valence-electron chi connectivity index (χ1n) is 7.58. The second kappa shape index (κ2) is 7.25. The molecular formula is C17H15ClN2O4S. The van der Waals surface area contributed by atoms with Gasteiger partial charge in [-0.15, -0.1) is 0 Å². The van der Waals surface area contributed by atoms with E-state index in [4.69, 9.17) is 21.4 Å². The van der Waals surface area contributed by atoms with Gasteiger partial charge in [0.2, 0.25) is 0 Å². The van der Waals surface area contributed by atoms with Gasteiger partial charge in [0.1, 0.15) is 11.9 Å². The summed E-state index contributed by atoms with van der Waals surface area (Å²) in [4.78, 5) is 26.9. The Bertz CT molecular complexity index is 968. The molecule has 0 bridgehead atoms. The molecule has 0 saturated heterocycles. The molecule has 8 heteroatoms. The van der Waals surface area contributed by atoms with E-state index in [1.165, 1.54) is 4.57 Å². The fourth-order valence-corrected chi connectivity index (χ4v) is 3.57. The van der Waals surface area contributed by atoms with Gasteiger partial charge in [-0.3, -0.25) is 19.1 Å². The van der Waals surface area contributed by atoms with E-state index < -0.39 is 5.97 Å². The van der Waals surface area contributed by atoms with Crippen LogP contribution in [0.1, 0.15) is 25.1 Å². The van der Waals surface area contributed by atoms with Crippen LogP contribution in [0.25, 0.3) is 10.2 Å². The summed E-state index contributed by atoms with van der Waals surface area (Å²) in [6.45, 7) is 1.97. The van der Waals surface area contributed by atoms with Crippen molar-refractivity contribution < 1.29 is 14.6 Å². The summed E-state index contributed by atoms with van der Waals surface area (Å²) in [5.41, 5.74) is 1.38. The number of aliphatic carboxylic acids is 1. The highest BCUT2D eigenvalue weighted by Crippen LogP contribution is 2.34. The number of carboxylic acid groups (broad SMARTS) is 1. The molecule has 0 spiro atoms. The molecule has 130 valence electrons. The highest BCUT2D eigenvalue weighted by molar-refractivity contribution is 7.16. The van der Waals surface area contributed by atoms with Crippen molar-refractivity contribution in [1.82, 2.24) is 9.55 Å². The first kappa shape index (κ1) is 17.4. The highest BCUT2D eigenvalue weighted by Gasteiger charge is 2.15. The van der Waals surface area contributed by atoms with Gasteiger partial charge in [0, 0.05) is 18.8 Å². The molecule has 1 atom stereocenters. The van der Waals surface area contributed by atoms with Crippen LogP contribution in [0.2, 0.25) is 5.02 Å². The number of pyridine rings is 1.